The number of nitrogens with one attached hydrogen (secondary N) is 1. The number of ether oxygens (including phenoxy) is 2. The van der Waals surface area contributed by atoms with Crippen molar-refractivity contribution in [3.8, 4) is 0 Å². The number of nitrogen functional groups attached to an aromatic ring is 1. The molecular weight excluding hydrogens is 270 g/mol. The van der Waals surface area contributed by atoms with Crippen LogP contribution in [0, 0.1) is 0 Å². The smallest absolute Gasteiger partial charge is 0.276 e. The Morgan fingerprint density at radius 3 is 2.57 bits per heavy atom. The van der Waals surface area contributed by atoms with Crippen LogP contribution in [-0.4, -0.2) is 24.1 Å². The van der Waals surface area contributed by atoms with Crippen LogP contribution in [0.1, 0.15) is 22.3 Å². The van der Waals surface area contributed by atoms with Crippen molar-refractivity contribution in [1.82, 2.24) is 4.98 Å². The van der Waals surface area contributed by atoms with Crippen molar-refractivity contribution in [2.75, 3.05) is 24.3 Å². The van der Waals surface area contributed by atoms with Gasteiger partial charge >= 0.3 is 0 Å². The van der Waals surface area contributed by atoms with Crippen LogP contribution in [0.2, 0.25) is 0 Å². The van der Waals surface area contributed by atoms with Gasteiger partial charge in [-0.1, -0.05) is 12.1 Å². The number of nitrogens with zero attached hydrogens (tertiary/aromatic N) is 1. The van der Waals surface area contributed by atoms with Gasteiger partial charge in [0, 0.05) is 17.4 Å². The maximum atomic E-state index is 12.1. The number of rotatable bonds is 3. The molecule has 1 aliphatic rings. The Labute approximate surface area is 121 Å². The first-order valence-corrected chi connectivity index (χ1v) is 6.59. The first kappa shape index (κ1) is 13.5. The maximum Gasteiger partial charge on any atom is 0.276 e. The largest absolute Gasteiger partial charge is 0.397 e. The van der Waals surface area contributed by atoms with E-state index < -0.39 is 0 Å². The lowest BCUT2D eigenvalue weighted by Crippen LogP contribution is -2.15. The van der Waals surface area contributed by atoms with Gasteiger partial charge in [-0.25, -0.2) is 4.98 Å². The summed E-state index contributed by atoms with van der Waals surface area (Å²) in [4.78, 5) is 16.1. The summed E-state index contributed by atoms with van der Waals surface area (Å²) in [5.74, 6) is -0.339. The van der Waals surface area contributed by atoms with E-state index in [1.807, 2.05) is 12.1 Å². The summed E-state index contributed by atoms with van der Waals surface area (Å²) in [5, 5.41) is 2.75. The lowest BCUT2D eigenvalue weighted by molar-refractivity contribution is -0.0441. The van der Waals surface area contributed by atoms with Crippen LogP contribution in [0.15, 0.2) is 42.6 Å². The number of pyridine rings is 1. The molecule has 0 unspecified atom stereocenters. The molecule has 1 aromatic carbocycles. The second-order valence-electron chi connectivity index (χ2n) is 4.59. The van der Waals surface area contributed by atoms with Crippen molar-refractivity contribution < 1.29 is 14.3 Å². The van der Waals surface area contributed by atoms with Gasteiger partial charge in [0.15, 0.2) is 12.0 Å². The molecule has 3 N–H and O–H groups in total. The summed E-state index contributed by atoms with van der Waals surface area (Å²) in [6.07, 6.45) is 1.21. The molecule has 6 nitrogen and oxygen atoms in total. The average Bonchev–Trinajstić information content (AvgIpc) is 3.02. The van der Waals surface area contributed by atoms with E-state index in [4.69, 9.17) is 15.2 Å². The minimum Gasteiger partial charge on any atom is -0.397 e. The summed E-state index contributed by atoms with van der Waals surface area (Å²) in [5.41, 5.74) is 7.86. The molecule has 3 rings (SSSR count). The third-order valence-electron chi connectivity index (χ3n) is 3.12. The van der Waals surface area contributed by atoms with Gasteiger partial charge in [0.1, 0.15) is 0 Å². The number of carbonyl (C=O) groups is 1. The number of anilines is 2. The monoisotopic (exact) mass is 285 g/mol. The Kier molecular flexibility index (Phi) is 3.81. The topological polar surface area (TPSA) is 86.5 Å². The van der Waals surface area contributed by atoms with Crippen LogP contribution in [0.3, 0.4) is 0 Å². The van der Waals surface area contributed by atoms with E-state index in [1.54, 1.807) is 24.3 Å². The number of hydrogen-bond donors (Lipinski definition) is 2. The quantitative estimate of drug-likeness (QED) is 0.900. The number of nitrogens with two attached hydrogens (primary N) is 1. The van der Waals surface area contributed by atoms with Gasteiger partial charge in [0.25, 0.3) is 5.91 Å². The van der Waals surface area contributed by atoms with E-state index in [-0.39, 0.29) is 17.9 Å². The van der Waals surface area contributed by atoms with Crippen LogP contribution in [0.4, 0.5) is 11.4 Å². The number of carbonyl (C=O) groups excluding carboxylic acids is 1. The zero-order chi connectivity index (χ0) is 14.7. The summed E-state index contributed by atoms with van der Waals surface area (Å²) < 4.78 is 10.8. The highest BCUT2D eigenvalue weighted by Gasteiger charge is 2.18. The molecule has 1 saturated heterocycles. The SMILES string of the molecule is Nc1cccnc1C(=O)Nc1ccc(C2OCCO2)cc1. The van der Waals surface area contributed by atoms with Gasteiger partial charge in [-0.3, -0.25) is 4.79 Å². The van der Waals surface area contributed by atoms with Crippen LogP contribution in [0.25, 0.3) is 0 Å². The van der Waals surface area contributed by atoms with Crippen molar-refractivity contribution in [2.24, 2.45) is 0 Å². The molecule has 2 aromatic rings. The first-order valence-electron chi connectivity index (χ1n) is 6.59. The van der Waals surface area contributed by atoms with Gasteiger partial charge in [-0.05, 0) is 24.3 Å². The van der Waals surface area contributed by atoms with Gasteiger partial charge in [-0.2, -0.15) is 0 Å². The van der Waals surface area contributed by atoms with Crippen molar-refractivity contribution >= 4 is 17.3 Å². The molecule has 2 heterocycles. The minimum absolute atomic E-state index is 0.212. The van der Waals surface area contributed by atoms with Crippen LogP contribution < -0.4 is 11.1 Å². The van der Waals surface area contributed by atoms with Crippen LogP contribution in [0.5, 0.6) is 0 Å². The highest BCUT2D eigenvalue weighted by Crippen LogP contribution is 2.24. The molecule has 1 fully saturated rings. The Hall–Kier alpha value is -2.44. The van der Waals surface area contributed by atoms with E-state index in [0.717, 1.165) is 5.56 Å². The third-order valence-corrected chi connectivity index (χ3v) is 3.12. The Morgan fingerprint density at radius 2 is 1.90 bits per heavy atom. The van der Waals surface area contributed by atoms with E-state index in [1.165, 1.54) is 6.20 Å². The summed E-state index contributed by atoms with van der Waals surface area (Å²) in [6.45, 7) is 1.20. The molecule has 1 amide bonds. The second kappa shape index (κ2) is 5.90. The fourth-order valence-electron chi connectivity index (χ4n) is 2.07. The van der Waals surface area contributed by atoms with Gasteiger partial charge in [0.2, 0.25) is 0 Å². The van der Waals surface area contributed by atoms with E-state index in [2.05, 4.69) is 10.3 Å². The molecule has 0 atom stereocenters. The van der Waals surface area contributed by atoms with E-state index >= 15 is 0 Å². The molecule has 0 aliphatic carbocycles. The molecule has 0 spiro atoms. The lowest BCUT2D eigenvalue weighted by Gasteiger charge is -2.11. The molecule has 1 aromatic heterocycles. The Morgan fingerprint density at radius 1 is 1.19 bits per heavy atom. The molecule has 21 heavy (non-hydrogen) atoms. The van der Waals surface area contributed by atoms with E-state index in [9.17, 15) is 4.79 Å². The van der Waals surface area contributed by atoms with Gasteiger partial charge < -0.3 is 20.5 Å². The Bertz CT molecular complexity index is 637. The Balaban J connectivity index is 1.70. The summed E-state index contributed by atoms with van der Waals surface area (Å²) in [6, 6.07) is 10.6. The number of amides is 1. The number of aromatic nitrogens is 1. The average molecular weight is 285 g/mol. The molecule has 108 valence electrons. The minimum atomic E-state index is -0.339. The number of benzene rings is 1. The van der Waals surface area contributed by atoms with Gasteiger partial charge in [-0.15, -0.1) is 0 Å². The number of hydrogen-bond acceptors (Lipinski definition) is 5. The predicted octanol–water partition coefficient (Wildman–Crippen LogP) is 1.96. The zero-order valence-electron chi connectivity index (χ0n) is 11.3. The highest BCUT2D eigenvalue weighted by molar-refractivity contribution is 6.06. The third kappa shape index (κ3) is 3.01. The molecular formula is C15H15N3O3. The van der Waals surface area contributed by atoms with Crippen LogP contribution in [-0.2, 0) is 9.47 Å². The summed E-state index contributed by atoms with van der Waals surface area (Å²) >= 11 is 0. The lowest BCUT2D eigenvalue weighted by atomic mass is 10.2. The normalized spacial score (nSPS) is 15.0. The molecule has 0 saturated carbocycles. The van der Waals surface area contributed by atoms with Crippen molar-refractivity contribution in [3.63, 3.8) is 0 Å². The maximum absolute atomic E-state index is 12.1. The molecule has 1 aliphatic heterocycles. The van der Waals surface area contributed by atoms with Gasteiger partial charge in [0.05, 0.1) is 18.9 Å². The predicted molar refractivity (Wildman–Crippen MR) is 77.7 cm³/mol. The fraction of sp³-hybridized carbons (Fsp3) is 0.200. The van der Waals surface area contributed by atoms with Crippen molar-refractivity contribution in [3.05, 3.63) is 53.9 Å². The standard InChI is InChI=1S/C15H15N3O3/c16-12-2-1-7-17-13(12)14(19)18-11-5-3-10(4-6-11)15-20-8-9-21-15/h1-7,15H,8-9,16H2,(H,18,19). The molecule has 0 bridgehead atoms. The second-order valence-corrected chi connectivity index (χ2v) is 4.59. The molecule has 6 heteroatoms. The van der Waals surface area contributed by atoms with E-state index in [0.29, 0.717) is 24.6 Å². The molecule has 0 radical (unpaired) electrons. The van der Waals surface area contributed by atoms with Crippen molar-refractivity contribution in [2.45, 2.75) is 6.29 Å². The van der Waals surface area contributed by atoms with Crippen LogP contribution >= 0.6 is 0 Å². The zero-order valence-corrected chi connectivity index (χ0v) is 11.3. The highest BCUT2D eigenvalue weighted by atomic mass is 16.7. The first-order chi connectivity index (χ1) is 10.2. The van der Waals surface area contributed by atoms with Crippen molar-refractivity contribution in [1.29, 1.82) is 0 Å². The summed E-state index contributed by atoms with van der Waals surface area (Å²) in [7, 11) is 0. The fourth-order valence-corrected chi connectivity index (χ4v) is 2.07.